The molecule has 1 fully saturated rings. The van der Waals surface area contributed by atoms with Gasteiger partial charge in [-0.25, -0.2) is 4.79 Å². The quantitative estimate of drug-likeness (QED) is 0.905. The number of carbonyl (C=O) groups is 2. The van der Waals surface area contributed by atoms with E-state index in [1.807, 2.05) is 55.1 Å². The number of aryl methyl sites for hydroxylation is 2. The first-order valence-electron chi connectivity index (χ1n) is 9.24. The number of hydrogen-bond donors (Lipinski definition) is 1. The standard InChI is InChI=1S/C21H26N4O2/c1-15-4-6-18(7-5-15)14-24-10-11-25(17(3)20(24)26)21(27)23-13-19-8-9-22-16(2)12-19/h4-9,12,17H,10-11,13-14H2,1-3H3,(H,23,27). The molecule has 1 unspecified atom stereocenters. The van der Waals surface area contributed by atoms with Gasteiger partial charge in [0.05, 0.1) is 0 Å². The first kappa shape index (κ1) is 18.9. The SMILES string of the molecule is Cc1ccc(CN2CCN(C(=O)NCc3ccnc(C)c3)C(C)C2=O)cc1. The van der Waals surface area contributed by atoms with Crippen LogP contribution in [0.25, 0.3) is 0 Å². The fraction of sp³-hybridized carbons (Fsp3) is 0.381. The van der Waals surface area contributed by atoms with Gasteiger partial charge < -0.3 is 15.1 Å². The van der Waals surface area contributed by atoms with Gasteiger partial charge in [-0.05, 0) is 44.0 Å². The van der Waals surface area contributed by atoms with Gasteiger partial charge in [0.15, 0.2) is 0 Å². The van der Waals surface area contributed by atoms with Gasteiger partial charge in [-0.1, -0.05) is 29.8 Å². The molecule has 1 saturated heterocycles. The van der Waals surface area contributed by atoms with Crippen LogP contribution in [0.2, 0.25) is 0 Å². The second kappa shape index (κ2) is 8.20. The summed E-state index contributed by atoms with van der Waals surface area (Å²) in [6.07, 6.45) is 1.73. The Labute approximate surface area is 160 Å². The van der Waals surface area contributed by atoms with Crippen molar-refractivity contribution in [1.29, 1.82) is 0 Å². The van der Waals surface area contributed by atoms with Crippen LogP contribution < -0.4 is 5.32 Å². The topological polar surface area (TPSA) is 65.5 Å². The number of urea groups is 1. The van der Waals surface area contributed by atoms with Crippen molar-refractivity contribution in [3.05, 3.63) is 65.0 Å². The third-order valence-electron chi connectivity index (χ3n) is 4.91. The molecule has 1 aromatic heterocycles. The van der Waals surface area contributed by atoms with Gasteiger partial charge >= 0.3 is 6.03 Å². The number of hydrogen-bond acceptors (Lipinski definition) is 3. The smallest absolute Gasteiger partial charge is 0.318 e. The Morgan fingerprint density at radius 2 is 1.89 bits per heavy atom. The lowest BCUT2D eigenvalue weighted by molar-refractivity contribution is -0.139. The maximum absolute atomic E-state index is 12.7. The summed E-state index contributed by atoms with van der Waals surface area (Å²) in [5, 5.41) is 2.91. The van der Waals surface area contributed by atoms with E-state index in [9.17, 15) is 9.59 Å². The molecular formula is C21H26N4O2. The number of amides is 3. The molecule has 0 bridgehead atoms. The van der Waals surface area contributed by atoms with E-state index in [0.29, 0.717) is 26.2 Å². The third kappa shape index (κ3) is 4.64. The second-order valence-electron chi connectivity index (χ2n) is 7.08. The lowest BCUT2D eigenvalue weighted by atomic mass is 10.1. The fourth-order valence-electron chi connectivity index (χ4n) is 3.27. The molecule has 0 aliphatic carbocycles. The monoisotopic (exact) mass is 366 g/mol. The molecule has 0 saturated carbocycles. The maximum atomic E-state index is 12.7. The van der Waals surface area contributed by atoms with Crippen LogP contribution in [0, 0.1) is 13.8 Å². The van der Waals surface area contributed by atoms with Gasteiger partial charge in [-0.3, -0.25) is 9.78 Å². The summed E-state index contributed by atoms with van der Waals surface area (Å²) in [5.41, 5.74) is 4.21. The molecule has 3 rings (SSSR count). The average Bonchev–Trinajstić information content (AvgIpc) is 2.65. The highest BCUT2D eigenvalue weighted by Crippen LogP contribution is 2.15. The number of nitrogens with zero attached hydrogens (tertiary/aromatic N) is 3. The summed E-state index contributed by atoms with van der Waals surface area (Å²) in [6.45, 7) is 7.82. The molecule has 2 heterocycles. The minimum Gasteiger partial charge on any atom is -0.335 e. The molecule has 1 aromatic carbocycles. The highest BCUT2D eigenvalue weighted by molar-refractivity contribution is 5.88. The normalized spacial score (nSPS) is 17.1. The van der Waals surface area contributed by atoms with Crippen molar-refractivity contribution in [2.45, 2.75) is 39.9 Å². The number of nitrogens with one attached hydrogen (secondary N) is 1. The first-order chi connectivity index (χ1) is 12.9. The van der Waals surface area contributed by atoms with Gasteiger partial charge in [0.25, 0.3) is 0 Å². The first-order valence-corrected chi connectivity index (χ1v) is 9.24. The van der Waals surface area contributed by atoms with E-state index >= 15 is 0 Å². The molecule has 1 N–H and O–H groups in total. The lowest BCUT2D eigenvalue weighted by Gasteiger charge is -2.39. The number of carbonyl (C=O) groups excluding carboxylic acids is 2. The molecule has 27 heavy (non-hydrogen) atoms. The van der Waals surface area contributed by atoms with Crippen molar-refractivity contribution in [1.82, 2.24) is 20.1 Å². The van der Waals surface area contributed by atoms with Crippen molar-refractivity contribution in [2.24, 2.45) is 0 Å². The van der Waals surface area contributed by atoms with E-state index in [0.717, 1.165) is 16.8 Å². The van der Waals surface area contributed by atoms with Gasteiger partial charge in [0.2, 0.25) is 5.91 Å². The molecule has 142 valence electrons. The van der Waals surface area contributed by atoms with Gasteiger partial charge in [0.1, 0.15) is 6.04 Å². The summed E-state index contributed by atoms with van der Waals surface area (Å²) in [4.78, 5) is 32.9. The maximum Gasteiger partial charge on any atom is 0.318 e. The molecule has 0 radical (unpaired) electrons. The minimum absolute atomic E-state index is 0.0169. The van der Waals surface area contributed by atoms with E-state index in [1.54, 1.807) is 18.0 Å². The Bertz CT molecular complexity index is 819. The minimum atomic E-state index is -0.469. The molecular weight excluding hydrogens is 340 g/mol. The molecule has 2 aromatic rings. The summed E-state index contributed by atoms with van der Waals surface area (Å²) in [6, 6.07) is 11.3. The van der Waals surface area contributed by atoms with Crippen molar-refractivity contribution in [2.75, 3.05) is 13.1 Å². The van der Waals surface area contributed by atoms with Crippen LogP contribution in [0.1, 0.15) is 29.3 Å². The van der Waals surface area contributed by atoms with E-state index in [-0.39, 0.29) is 11.9 Å². The lowest BCUT2D eigenvalue weighted by Crippen LogP contribution is -2.59. The van der Waals surface area contributed by atoms with Crippen LogP contribution in [0.3, 0.4) is 0 Å². The van der Waals surface area contributed by atoms with Crippen LogP contribution in [-0.4, -0.2) is 45.9 Å². The molecule has 1 aliphatic rings. The van der Waals surface area contributed by atoms with Gasteiger partial charge in [-0.15, -0.1) is 0 Å². The highest BCUT2D eigenvalue weighted by Gasteiger charge is 2.34. The molecule has 0 spiro atoms. The molecule has 1 atom stereocenters. The zero-order valence-corrected chi connectivity index (χ0v) is 16.1. The van der Waals surface area contributed by atoms with Crippen LogP contribution in [0.4, 0.5) is 4.79 Å². The number of piperazine rings is 1. The van der Waals surface area contributed by atoms with Crippen molar-refractivity contribution in [3.63, 3.8) is 0 Å². The number of aromatic nitrogens is 1. The Balaban J connectivity index is 1.56. The Morgan fingerprint density at radius 3 is 2.59 bits per heavy atom. The zero-order valence-electron chi connectivity index (χ0n) is 16.1. The molecule has 6 nitrogen and oxygen atoms in total. The average molecular weight is 366 g/mol. The second-order valence-corrected chi connectivity index (χ2v) is 7.08. The zero-order chi connectivity index (χ0) is 19.4. The van der Waals surface area contributed by atoms with Gasteiger partial charge in [0, 0.05) is 38.1 Å². The molecule has 6 heteroatoms. The summed E-state index contributed by atoms with van der Waals surface area (Å²) < 4.78 is 0. The van der Waals surface area contributed by atoms with E-state index in [1.165, 1.54) is 5.56 Å². The van der Waals surface area contributed by atoms with Crippen LogP contribution >= 0.6 is 0 Å². The summed E-state index contributed by atoms with van der Waals surface area (Å²) in [5.74, 6) is -0.0169. The highest BCUT2D eigenvalue weighted by atomic mass is 16.2. The van der Waals surface area contributed by atoms with Crippen LogP contribution in [-0.2, 0) is 17.9 Å². The van der Waals surface area contributed by atoms with Crippen molar-refractivity contribution in [3.8, 4) is 0 Å². The largest absolute Gasteiger partial charge is 0.335 e. The van der Waals surface area contributed by atoms with Gasteiger partial charge in [-0.2, -0.15) is 0 Å². The van der Waals surface area contributed by atoms with Crippen LogP contribution in [0.5, 0.6) is 0 Å². The van der Waals surface area contributed by atoms with E-state index in [4.69, 9.17) is 0 Å². The van der Waals surface area contributed by atoms with E-state index < -0.39 is 6.04 Å². The predicted octanol–water partition coefficient (Wildman–Crippen LogP) is 2.64. The van der Waals surface area contributed by atoms with Crippen LogP contribution in [0.15, 0.2) is 42.6 Å². The third-order valence-corrected chi connectivity index (χ3v) is 4.91. The number of rotatable bonds is 4. The Morgan fingerprint density at radius 1 is 1.15 bits per heavy atom. The Hall–Kier alpha value is -2.89. The molecule has 3 amide bonds. The van der Waals surface area contributed by atoms with E-state index in [2.05, 4.69) is 10.3 Å². The van der Waals surface area contributed by atoms with Crippen molar-refractivity contribution < 1.29 is 9.59 Å². The summed E-state index contributed by atoms with van der Waals surface area (Å²) >= 11 is 0. The Kier molecular flexibility index (Phi) is 5.74. The molecule has 1 aliphatic heterocycles. The summed E-state index contributed by atoms with van der Waals surface area (Å²) in [7, 11) is 0. The number of benzene rings is 1. The predicted molar refractivity (Wildman–Crippen MR) is 104 cm³/mol. The number of pyridine rings is 1. The van der Waals surface area contributed by atoms with Crippen molar-refractivity contribution >= 4 is 11.9 Å². The fourth-order valence-corrected chi connectivity index (χ4v) is 3.27.